The first-order valence-electron chi connectivity index (χ1n) is 8.86. The highest BCUT2D eigenvalue weighted by atomic mass is 35.5. The van der Waals surface area contributed by atoms with Crippen LogP contribution in [-0.2, 0) is 4.79 Å². The number of benzene rings is 3. The topological polar surface area (TPSA) is 96.3 Å². The minimum atomic E-state index is -0.840. The van der Waals surface area contributed by atoms with Crippen LogP contribution in [0.2, 0.25) is 5.02 Å². The Morgan fingerprint density at radius 1 is 0.967 bits per heavy atom. The summed E-state index contributed by atoms with van der Waals surface area (Å²) < 4.78 is 0. The van der Waals surface area contributed by atoms with Crippen molar-refractivity contribution in [2.45, 2.75) is 6.04 Å². The van der Waals surface area contributed by atoms with E-state index in [9.17, 15) is 14.9 Å². The number of amides is 1. The second-order valence-corrected chi connectivity index (χ2v) is 7.06. The summed E-state index contributed by atoms with van der Waals surface area (Å²) in [5, 5.41) is 20.3. The maximum Gasteiger partial charge on any atom is 0.292 e. The summed E-state index contributed by atoms with van der Waals surface area (Å²) in [5.41, 5.74) is 1.31. The molecule has 0 fully saturated rings. The molecule has 0 aliphatic rings. The van der Waals surface area contributed by atoms with Crippen LogP contribution in [0.4, 0.5) is 17.1 Å². The summed E-state index contributed by atoms with van der Waals surface area (Å²) in [6.07, 6.45) is 0. The van der Waals surface area contributed by atoms with Crippen molar-refractivity contribution in [1.82, 2.24) is 5.32 Å². The number of anilines is 2. The predicted octanol–water partition coefficient (Wildman–Crippen LogP) is 4.91. The van der Waals surface area contributed by atoms with Gasteiger partial charge in [-0.3, -0.25) is 14.9 Å². The van der Waals surface area contributed by atoms with Crippen molar-refractivity contribution in [3.8, 4) is 0 Å². The third kappa shape index (κ3) is 5.53. The molecule has 7 nitrogen and oxygen atoms in total. The lowest BCUT2D eigenvalue weighted by Crippen LogP contribution is -2.39. The number of hydrogen-bond acceptors (Lipinski definition) is 4. The van der Waals surface area contributed by atoms with E-state index in [-0.39, 0.29) is 22.4 Å². The van der Waals surface area contributed by atoms with Gasteiger partial charge in [0.15, 0.2) is 5.11 Å². The molecular formula is C21H17ClN4O3S. The highest BCUT2D eigenvalue weighted by Crippen LogP contribution is 2.24. The summed E-state index contributed by atoms with van der Waals surface area (Å²) in [6.45, 7) is 0. The highest BCUT2D eigenvalue weighted by Gasteiger charge is 2.23. The van der Waals surface area contributed by atoms with Crippen LogP contribution in [0, 0.1) is 10.1 Å². The standard InChI is InChI=1S/C21H17ClN4O3S/c22-15-9-6-10-16(13-15)23-20(27)19(14-7-2-1-3-8-14)25-21(30)24-17-11-4-5-12-18(17)26(28)29/h1-13,19H,(H,23,27)(H2,24,25,30). The van der Waals surface area contributed by atoms with Gasteiger partial charge in [-0.05, 0) is 42.0 Å². The van der Waals surface area contributed by atoms with Crippen LogP contribution in [0.5, 0.6) is 0 Å². The number of thiocarbonyl (C=S) groups is 1. The molecule has 0 saturated carbocycles. The zero-order valence-electron chi connectivity index (χ0n) is 15.5. The lowest BCUT2D eigenvalue weighted by Gasteiger charge is -2.21. The van der Waals surface area contributed by atoms with E-state index in [4.69, 9.17) is 23.8 Å². The fourth-order valence-electron chi connectivity index (χ4n) is 2.75. The Kier molecular flexibility index (Phi) is 6.95. The zero-order chi connectivity index (χ0) is 21.5. The van der Waals surface area contributed by atoms with Crippen LogP contribution in [0.1, 0.15) is 11.6 Å². The van der Waals surface area contributed by atoms with Gasteiger partial charge in [-0.15, -0.1) is 0 Å². The summed E-state index contributed by atoms with van der Waals surface area (Å²) in [6, 6.07) is 21.0. The van der Waals surface area contributed by atoms with Gasteiger partial charge in [-0.1, -0.05) is 60.1 Å². The average molecular weight is 441 g/mol. The highest BCUT2D eigenvalue weighted by molar-refractivity contribution is 7.80. The van der Waals surface area contributed by atoms with Gasteiger partial charge < -0.3 is 16.0 Å². The molecule has 9 heteroatoms. The van der Waals surface area contributed by atoms with E-state index < -0.39 is 11.0 Å². The number of nitrogens with zero attached hydrogens (tertiary/aromatic N) is 1. The number of carbonyl (C=O) groups excluding carboxylic acids is 1. The van der Waals surface area contributed by atoms with Gasteiger partial charge in [-0.25, -0.2) is 0 Å². The van der Waals surface area contributed by atoms with Gasteiger partial charge in [-0.2, -0.15) is 0 Å². The number of nitrogens with one attached hydrogen (secondary N) is 3. The molecule has 3 N–H and O–H groups in total. The van der Waals surface area contributed by atoms with Crippen molar-refractivity contribution in [3.05, 3.63) is 99.6 Å². The van der Waals surface area contributed by atoms with E-state index in [1.54, 1.807) is 60.7 Å². The molecule has 3 aromatic rings. The first kappa shape index (κ1) is 21.2. The van der Waals surface area contributed by atoms with Crippen molar-refractivity contribution >= 4 is 51.9 Å². The number of para-hydroxylation sites is 2. The van der Waals surface area contributed by atoms with Crippen LogP contribution in [0.3, 0.4) is 0 Å². The van der Waals surface area contributed by atoms with E-state index in [1.165, 1.54) is 12.1 Å². The first-order chi connectivity index (χ1) is 14.4. The van der Waals surface area contributed by atoms with Gasteiger partial charge in [0.1, 0.15) is 11.7 Å². The lowest BCUT2D eigenvalue weighted by molar-refractivity contribution is -0.383. The Balaban J connectivity index is 1.80. The number of carbonyl (C=O) groups is 1. The van der Waals surface area contributed by atoms with E-state index in [2.05, 4.69) is 16.0 Å². The molecule has 30 heavy (non-hydrogen) atoms. The average Bonchev–Trinajstić information content (AvgIpc) is 2.73. The number of nitro benzene ring substituents is 1. The van der Waals surface area contributed by atoms with Crippen LogP contribution in [0.15, 0.2) is 78.9 Å². The largest absolute Gasteiger partial charge is 0.347 e. The molecule has 1 atom stereocenters. The first-order valence-corrected chi connectivity index (χ1v) is 9.65. The van der Waals surface area contributed by atoms with Crippen molar-refractivity contribution in [3.63, 3.8) is 0 Å². The number of hydrogen-bond donors (Lipinski definition) is 3. The van der Waals surface area contributed by atoms with Gasteiger partial charge in [0.05, 0.1) is 4.92 Å². The Hall–Kier alpha value is -3.49. The smallest absolute Gasteiger partial charge is 0.292 e. The van der Waals surface area contributed by atoms with E-state index >= 15 is 0 Å². The predicted molar refractivity (Wildman–Crippen MR) is 122 cm³/mol. The van der Waals surface area contributed by atoms with Crippen molar-refractivity contribution in [2.24, 2.45) is 0 Å². The molecule has 0 radical (unpaired) electrons. The van der Waals surface area contributed by atoms with Crippen molar-refractivity contribution in [1.29, 1.82) is 0 Å². The van der Waals surface area contributed by atoms with Gasteiger partial charge in [0.2, 0.25) is 0 Å². The summed E-state index contributed by atoms with van der Waals surface area (Å²) in [4.78, 5) is 23.7. The Labute approximate surface area is 183 Å². The second-order valence-electron chi connectivity index (χ2n) is 6.22. The number of nitro groups is 1. The third-order valence-corrected chi connectivity index (χ3v) is 4.57. The molecule has 1 amide bonds. The minimum absolute atomic E-state index is 0.0689. The van der Waals surface area contributed by atoms with Crippen molar-refractivity contribution in [2.75, 3.05) is 10.6 Å². The maximum atomic E-state index is 13.0. The van der Waals surface area contributed by atoms with E-state index in [1.807, 2.05) is 6.07 Å². The molecule has 3 aromatic carbocycles. The third-order valence-electron chi connectivity index (χ3n) is 4.11. The monoisotopic (exact) mass is 440 g/mol. The van der Waals surface area contributed by atoms with Crippen LogP contribution in [-0.4, -0.2) is 15.9 Å². The summed E-state index contributed by atoms with van der Waals surface area (Å²) in [7, 11) is 0. The Morgan fingerprint density at radius 2 is 1.67 bits per heavy atom. The summed E-state index contributed by atoms with van der Waals surface area (Å²) in [5.74, 6) is -0.366. The fraction of sp³-hybridized carbons (Fsp3) is 0.0476. The Morgan fingerprint density at radius 3 is 2.37 bits per heavy atom. The van der Waals surface area contributed by atoms with Gasteiger partial charge in [0, 0.05) is 16.8 Å². The molecule has 0 aliphatic heterocycles. The van der Waals surface area contributed by atoms with Crippen LogP contribution >= 0.6 is 23.8 Å². The van der Waals surface area contributed by atoms with Gasteiger partial charge in [0.25, 0.3) is 11.6 Å². The minimum Gasteiger partial charge on any atom is -0.347 e. The molecule has 0 aromatic heterocycles. The molecule has 1 unspecified atom stereocenters. The molecule has 0 saturated heterocycles. The molecule has 152 valence electrons. The second kappa shape index (κ2) is 9.82. The SMILES string of the molecule is O=C(Nc1cccc(Cl)c1)C(NC(=S)Nc1ccccc1[N+](=O)[O-])c1ccccc1. The zero-order valence-corrected chi connectivity index (χ0v) is 17.1. The number of rotatable bonds is 6. The maximum absolute atomic E-state index is 13.0. The fourth-order valence-corrected chi connectivity index (χ4v) is 3.17. The summed E-state index contributed by atoms with van der Waals surface area (Å²) >= 11 is 11.3. The molecular weight excluding hydrogens is 424 g/mol. The van der Waals surface area contributed by atoms with Crippen molar-refractivity contribution < 1.29 is 9.72 Å². The molecule has 0 bridgehead atoms. The Bertz CT molecular complexity index is 1080. The van der Waals surface area contributed by atoms with E-state index in [0.29, 0.717) is 16.3 Å². The number of halogens is 1. The van der Waals surface area contributed by atoms with Gasteiger partial charge >= 0.3 is 0 Å². The molecule has 0 aliphatic carbocycles. The normalized spacial score (nSPS) is 11.2. The van der Waals surface area contributed by atoms with E-state index in [0.717, 1.165) is 0 Å². The molecule has 3 rings (SSSR count). The molecule has 0 spiro atoms. The molecule has 0 heterocycles. The quantitative estimate of drug-likeness (QED) is 0.286. The van der Waals surface area contributed by atoms with Crippen LogP contribution < -0.4 is 16.0 Å². The van der Waals surface area contributed by atoms with Crippen LogP contribution in [0.25, 0.3) is 0 Å². The lowest BCUT2D eigenvalue weighted by atomic mass is 10.1.